The summed E-state index contributed by atoms with van der Waals surface area (Å²) in [6.45, 7) is 1.64. The van der Waals surface area contributed by atoms with Crippen LogP contribution in [0.5, 0.6) is 0 Å². The van der Waals surface area contributed by atoms with E-state index in [1.165, 1.54) is 18.1 Å². The second-order valence-corrected chi connectivity index (χ2v) is 7.55. The maximum atomic E-state index is 12.4. The van der Waals surface area contributed by atoms with Crippen molar-refractivity contribution >= 4 is 23.7 Å². The van der Waals surface area contributed by atoms with Gasteiger partial charge in [-0.2, -0.15) is 0 Å². The first kappa shape index (κ1) is 22.2. The number of urea groups is 1. The summed E-state index contributed by atoms with van der Waals surface area (Å²) in [5, 5.41) is 4.69. The van der Waals surface area contributed by atoms with Gasteiger partial charge in [0.1, 0.15) is 0 Å². The molecule has 3 rings (SSSR count). The minimum absolute atomic E-state index is 0.00349. The van der Waals surface area contributed by atoms with Gasteiger partial charge in [0, 0.05) is 18.5 Å². The molecule has 2 aromatic carbocycles. The Labute approximate surface area is 181 Å². The molecule has 0 aliphatic heterocycles. The predicted molar refractivity (Wildman–Crippen MR) is 114 cm³/mol. The number of Topliss-reactive ketones (excluding diaryl/α,β-unsaturated/α-hetero) is 1. The molecule has 0 heterocycles. The van der Waals surface area contributed by atoms with Crippen LogP contribution in [0.15, 0.2) is 48.5 Å². The largest absolute Gasteiger partial charge is 0.453 e. The van der Waals surface area contributed by atoms with Crippen LogP contribution < -0.4 is 10.6 Å². The molecule has 7 heteroatoms. The molecule has 0 unspecified atom stereocenters. The number of ketones is 1. The summed E-state index contributed by atoms with van der Waals surface area (Å²) < 4.78 is 5.05. The van der Waals surface area contributed by atoms with E-state index in [1.807, 2.05) is 42.5 Å². The predicted octanol–water partition coefficient (Wildman–Crippen LogP) is 3.10. The normalized spacial score (nSPS) is 13.1. The summed E-state index contributed by atoms with van der Waals surface area (Å²) in [6.07, 6.45) is 1.84. The van der Waals surface area contributed by atoms with Gasteiger partial charge in [-0.15, -0.1) is 0 Å². The molecule has 1 atom stereocenters. The molecule has 0 saturated carbocycles. The monoisotopic (exact) mass is 422 g/mol. The van der Waals surface area contributed by atoms with Gasteiger partial charge in [-0.05, 0) is 48.9 Å². The maximum absolute atomic E-state index is 12.4. The van der Waals surface area contributed by atoms with Gasteiger partial charge >= 0.3 is 12.0 Å². The van der Waals surface area contributed by atoms with Crippen LogP contribution in [0, 0.1) is 0 Å². The number of ether oxygens (including phenoxy) is 1. The van der Waals surface area contributed by atoms with Gasteiger partial charge in [-0.25, -0.2) is 4.79 Å². The fourth-order valence-electron chi connectivity index (χ4n) is 3.45. The fourth-order valence-corrected chi connectivity index (χ4v) is 3.45. The van der Waals surface area contributed by atoms with Crippen LogP contribution in [0.3, 0.4) is 0 Å². The van der Waals surface area contributed by atoms with Gasteiger partial charge < -0.3 is 10.1 Å². The van der Waals surface area contributed by atoms with E-state index in [0.29, 0.717) is 5.56 Å². The highest BCUT2D eigenvalue weighted by Crippen LogP contribution is 2.23. The third-order valence-corrected chi connectivity index (χ3v) is 5.19. The number of nitrogens with one attached hydrogen (secondary N) is 2. The second kappa shape index (κ2) is 10.5. The molecule has 0 aromatic heterocycles. The van der Waals surface area contributed by atoms with Crippen LogP contribution in [0.2, 0.25) is 0 Å². The number of fused-ring (bicyclic) bond motifs is 1. The van der Waals surface area contributed by atoms with E-state index in [1.54, 1.807) is 6.07 Å². The molecule has 0 fully saturated rings. The van der Waals surface area contributed by atoms with Crippen LogP contribution in [0.1, 0.15) is 53.2 Å². The molecule has 1 aliphatic carbocycles. The molecular formula is C24H26N2O5. The van der Waals surface area contributed by atoms with Crippen molar-refractivity contribution in [1.82, 2.24) is 10.6 Å². The minimum atomic E-state index is -1.15. The first-order valence-corrected chi connectivity index (χ1v) is 10.4. The molecule has 7 nitrogen and oxygen atoms in total. The van der Waals surface area contributed by atoms with Gasteiger partial charge in [0.05, 0.1) is 6.42 Å². The number of carbonyl (C=O) groups excluding carboxylic acids is 4. The van der Waals surface area contributed by atoms with E-state index >= 15 is 0 Å². The molecule has 0 bridgehead atoms. The van der Waals surface area contributed by atoms with Crippen LogP contribution >= 0.6 is 0 Å². The number of imide groups is 1. The van der Waals surface area contributed by atoms with Crippen molar-refractivity contribution in [3.8, 4) is 0 Å². The van der Waals surface area contributed by atoms with E-state index in [-0.39, 0.29) is 25.2 Å². The van der Waals surface area contributed by atoms with Crippen LogP contribution in [0.25, 0.3) is 0 Å². The topological polar surface area (TPSA) is 102 Å². The Morgan fingerprint density at radius 2 is 1.71 bits per heavy atom. The molecule has 31 heavy (non-hydrogen) atoms. The Morgan fingerprint density at radius 3 is 2.48 bits per heavy atom. The minimum Gasteiger partial charge on any atom is -0.453 e. The third-order valence-electron chi connectivity index (χ3n) is 5.19. The van der Waals surface area contributed by atoms with E-state index in [2.05, 4.69) is 10.6 Å². The smallest absolute Gasteiger partial charge is 0.321 e. The number of hydrogen-bond acceptors (Lipinski definition) is 5. The molecule has 2 aromatic rings. The Hall–Kier alpha value is -3.48. The Balaban J connectivity index is 1.38. The van der Waals surface area contributed by atoms with E-state index in [9.17, 15) is 19.2 Å². The summed E-state index contributed by atoms with van der Waals surface area (Å²) in [6, 6.07) is 14.2. The standard InChI is InChI=1S/C24H26N2O5/c1-16(23(29)26-24(30)25-15-17-6-3-2-4-7-17)31-22(28)13-12-21(27)20-11-10-18-8-5-9-19(18)14-20/h2-4,6-7,10-11,14,16H,5,8-9,12-13,15H2,1H3,(H2,25,26,29,30)/t16-/m1/s1. The number of benzene rings is 2. The highest BCUT2D eigenvalue weighted by Gasteiger charge is 2.21. The van der Waals surface area contributed by atoms with Gasteiger partial charge in [0.2, 0.25) is 0 Å². The molecule has 2 N–H and O–H groups in total. The lowest BCUT2D eigenvalue weighted by Gasteiger charge is -2.13. The van der Waals surface area contributed by atoms with Gasteiger partial charge in [0.15, 0.2) is 11.9 Å². The molecule has 0 radical (unpaired) electrons. The van der Waals surface area contributed by atoms with Crippen molar-refractivity contribution in [3.05, 3.63) is 70.8 Å². The lowest BCUT2D eigenvalue weighted by atomic mass is 10.0. The SMILES string of the molecule is C[C@@H](OC(=O)CCC(=O)c1ccc2c(c1)CCC2)C(=O)NC(=O)NCc1ccccc1. The Kier molecular flexibility index (Phi) is 7.54. The van der Waals surface area contributed by atoms with Crippen molar-refractivity contribution in [2.45, 2.75) is 51.7 Å². The maximum Gasteiger partial charge on any atom is 0.321 e. The summed E-state index contributed by atoms with van der Waals surface area (Å²) in [4.78, 5) is 48.3. The number of aryl methyl sites for hydroxylation is 2. The summed E-state index contributed by atoms with van der Waals surface area (Å²) in [7, 11) is 0. The Morgan fingerprint density at radius 1 is 0.968 bits per heavy atom. The molecule has 0 saturated heterocycles. The number of esters is 1. The summed E-state index contributed by atoms with van der Waals surface area (Å²) in [5.74, 6) is -1.53. The first-order chi connectivity index (χ1) is 14.9. The molecule has 0 spiro atoms. The average molecular weight is 422 g/mol. The van der Waals surface area contributed by atoms with Gasteiger partial charge in [0.25, 0.3) is 5.91 Å². The van der Waals surface area contributed by atoms with Crippen molar-refractivity contribution in [2.24, 2.45) is 0 Å². The zero-order chi connectivity index (χ0) is 22.2. The van der Waals surface area contributed by atoms with Crippen molar-refractivity contribution < 1.29 is 23.9 Å². The van der Waals surface area contributed by atoms with Gasteiger partial charge in [-0.1, -0.05) is 42.5 Å². The Bertz CT molecular complexity index is 971. The zero-order valence-electron chi connectivity index (χ0n) is 17.5. The lowest BCUT2D eigenvalue weighted by molar-refractivity contribution is -0.154. The zero-order valence-corrected chi connectivity index (χ0v) is 17.5. The summed E-state index contributed by atoms with van der Waals surface area (Å²) in [5.41, 5.74) is 3.96. The first-order valence-electron chi connectivity index (χ1n) is 10.4. The number of hydrogen-bond donors (Lipinski definition) is 2. The fraction of sp³-hybridized carbons (Fsp3) is 0.333. The van der Waals surface area contributed by atoms with Crippen LogP contribution in [-0.4, -0.2) is 29.8 Å². The van der Waals surface area contributed by atoms with Crippen LogP contribution in [-0.2, 0) is 33.7 Å². The highest BCUT2D eigenvalue weighted by molar-refractivity contribution is 5.99. The number of carbonyl (C=O) groups is 4. The van der Waals surface area contributed by atoms with E-state index < -0.39 is 24.0 Å². The molecule has 3 amide bonds. The van der Waals surface area contributed by atoms with Crippen LogP contribution in [0.4, 0.5) is 4.79 Å². The van der Waals surface area contributed by atoms with Crippen molar-refractivity contribution in [3.63, 3.8) is 0 Å². The quantitative estimate of drug-likeness (QED) is 0.503. The highest BCUT2D eigenvalue weighted by atomic mass is 16.5. The van der Waals surface area contributed by atoms with E-state index in [4.69, 9.17) is 4.74 Å². The molecular weight excluding hydrogens is 396 g/mol. The van der Waals surface area contributed by atoms with E-state index in [0.717, 1.165) is 24.8 Å². The lowest BCUT2D eigenvalue weighted by Crippen LogP contribution is -2.44. The number of rotatable bonds is 8. The number of amides is 3. The molecule has 1 aliphatic rings. The third kappa shape index (κ3) is 6.50. The summed E-state index contributed by atoms with van der Waals surface area (Å²) >= 11 is 0. The van der Waals surface area contributed by atoms with Crippen molar-refractivity contribution in [1.29, 1.82) is 0 Å². The molecule has 162 valence electrons. The second-order valence-electron chi connectivity index (χ2n) is 7.55. The average Bonchev–Trinajstić information content (AvgIpc) is 3.24. The van der Waals surface area contributed by atoms with Gasteiger partial charge in [-0.3, -0.25) is 19.7 Å². The van der Waals surface area contributed by atoms with Crippen molar-refractivity contribution in [2.75, 3.05) is 0 Å².